The second kappa shape index (κ2) is 11.7. The number of benzene rings is 7. The van der Waals surface area contributed by atoms with Crippen LogP contribution in [0.5, 0.6) is 0 Å². The zero-order valence-corrected chi connectivity index (χ0v) is 27.8. The molecule has 0 saturated heterocycles. The SMILES string of the molecule is c1ccc(-c2cc(-c3ccccc3)nc(N3c4ccccc4C4(c5ccccc5N(c5ccccc5)c5ccccc54)c4ccccc43)n2)cc1. The second-order valence-electron chi connectivity index (χ2n) is 13.0. The van der Waals surface area contributed by atoms with Gasteiger partial charge in [0, 0.05) is 16.8 Å². The van der Waals surface area contributed by atoms with Gasteiger partial charge < -0.3 is 4.90 Å². The summed E-state index contributed by atoms with van der Waals surface area (Å²) in [7, 11) is 0. The van der Waals surface area contributed by atoms with Gasteiger partial charge in [-0.3, -0.25) is 4.90 Å². The quantitative estimate of drug-likeness (QED) is 0.189. The third kappa shape index (κ3) is 4.40. The van der Waals surface area contributed by atoms with Gasteiger partial charge in [-0.2, -0.15) is 0 Å². The number of fused-ring (bicyclic) bond motifs is 8. The molecule has 0 unspecified atom stereocenters. The molecule has 0 atom stereocenters. The Morgan fingerprint density at radius 3 is 1.08 bits per heavy atom. The van der Waals surface area contributed by atoms with E-state index in [4.69, 9.17) is 9.97 Å². The predicted octanol–water partition coefficient (Wildman–Crippen LogP) is 11.8. The van der Waals surface area contributed by atoms with Gasteiger partial charge in [-0.1, -0.05) is 152 Å². The third-order valence-corrected chi connectivity index (χ3v) is 10.3. The molecule has 8 aromatic rings. The van der Waals surface area contributed by atoms with Crippen LogP contribution in [0.3, 0.4) is 0 Å². The van der Waals surface area contributed by atoms with Crippen molar-refractivity contribution >= 4 is 34.4 Å². The Morgan fingerprint density at radius 1 is 0.333 bits per heavy atom. The summed E-state index contributed by atoms with van der Waals surface area (Å²) in [5.41, 5.74) is 13.6. The van der Waals surface area contributed by atoms with E-state index < -0.39 is 5.41 Å². The van der Waals surface area contributed by atoms with Crippen molar-refractivity contribution in [1.29, 1.82) is 0 Å². The first-order valence-electron chi connectivity index (χ1n) is 17.4. The molecule has 0 bridgehead atoms. The third-order valence-electron chi connectivity index (χ3n) is 10.3. The summed E-state index contributed by atoms with van der Waals surface area (Å²) in [5.74, 6) is 0.633. The standard InChI is InChI=1S/C47H32N4/c1-4-18-33(19-5-1)40-32-41(34-20-6-2-7-21-34)49-46(48-40)51-44-30-16-12-26-38(44)47(39-27-13-17-31-45(39)51)36-24-10-14-28-42(36)50(35-22-8-3-9-23-35)43-29-15-11-25-37(43)47/h1-32H. The maximum Gasteiger partial charge on any atom is 0.235 e. The van der Waals surface area contributed by atoms with E-state index in [1.807, 2.05) is 12.1 Å². The fraction of sp³-hybridized carbons (Fsp3) is 0.0213. The van der Waals surface area contributed by atoms with Crippen molar-refractivity contribution in [3.63, 3.8) is 0 Å². The summed E-state index contributed by atoms with van der Waals surface area (Å²) in [4.78, 5) is 15.3. The molecule has 0 saturated carbocycles. The molecule has 0 amide bonds. The van der Waals surface area contributed by atoms with Gasteiger partial charge in [0.05, 0.1) is 39.6 Å². The smallest absolute Gasteiger partial charge is 0.235 e. The Hall–Kier alpha value is -6.78. The van der Waals surface area contributed by atoms with Gasteiger partial charge in [-0.15, -0.1) is 0 Å². The minimum Gasteiger partial charge on any atom is -0.310 e. The lowest BCUT2D eigenvalue weighted by molar-refractivity contribution is 0.716. The van der Waals surface area contributed by atoms with Crippen LogP contribution in [-0.4, -0.2) is 9.97 Å². The fourth-order valence-electron chi connectivity index (χ4n) is 8.19. The van der Waals surface area contributed by atoms with Crippen LogP contribution in [-0.2, 0) is 5.41 Å². The molecule has 0 fully saturated rings. The molecule has 4 nitrogen and oxygen atoms in total. The maximum absolute atomic E-state index is 5.33. The first-order chi connectivity index (χ1) is 25.3. The minimum absolute atomic E-state index is 0.610. The molecule has 7 aromatic carbocycles. The van der Waals surface area contributed by atoms with Gasteiger partial charge in [-0.25, -0.2) is 9.97 Å². The van der Waals surface area contributed by atoms with Crippen LogP contribution < -0.4 is 9.80 Å². The van der Waals surface area contributed by atoms with Crippen LogP contribution in [0.4, 0.5) is 34.4 Å². The molecule has 3 heterocycles. The zero-order chi connectivity index (χ0) is 33.8. The van der Waals surface area contributed by atoms with Gasteiger partial charge in [0.15, 0.2) is 0 Å². The highest BCUT2D eigenvalue weighted by Crippen LogP contribution is 2.63. The maximum atomic E-state index is 5.33. The summed E-state index contributed by atoms with van der Waals surface area (Å²) in [6.07, 6.45) is 0. The number of nitrogens with zero attached hydrogens (tertiary/aromatic N) is 4. The van der Waals surface area contributed by atoms with Crippen LogP contribution >= 0.6 is 0 Å². The summed E-state index contributed by atoms with van der Waals surface area (Å²) in [6, 6.07) is 69.0. The first kappa shape index (κ1) is 29.2. The Morgan fingerprint density at radius 2 is 0.667 bits per heavy atom. The van der Waals surface area contributed by atoms with Crippen LogP contribution in [0.25, 0.3) is 22.5 Å². The normalized spacial score (nSPS) is 13.6. The summed E-state index contributed by atoms with van der Waals surface area (Å²) in [5, 5.41) is 0. The Labute approximate surface area is 297 Å². The topological polar surface area (TPSA) is 32.3 Å². The lowest BCUT2D eigenvalue weighted by Gasteiger charge is -2.50. The monoisotopic (exact) mass is 652 g/mol. The largest absolute Gasteiger partial charge is 0.310 e. The molecule has 0 aliphatic carbocycles. The van der Waals surface area contributed by atoms with Crippen molar-refractivity contribution in [3.05, 3.63) is 216 Å². The molecule has 240 valence electrons. The molecule has 4 heteroatoms. The molecular formula is C47H32N4. The first-order valence-corrected chi connectivity index (χ1v) is 17.4. The molecule has 0 N–H and O–H groups in total. The van der Waals surface area contributed by atoms with E-state index in [0.717, 1.165) is 51.0 Å². The minimum atomic E-state index is -0.610. The Bertz CT molecular complexity index is 2390. The van der Waals surface area contributed by atoms with Gasteiger partial charge >= 0.3 is 0 Å². The van der Waals surface area contributed by atoms with Crippen molar-refractivity contribution in [2.75, 3.05) is 9.80 Å². The van der Waals surface area contributed by atoms with Crippen molar-refractivity contribution in [2.24, 2.45) is 0 Å². The van der Waals surface area contributed by atoms with Crippen LogP contribution in [0.15, 0.2) is 194 Å². The van der Waals surface area contributed by atoms with Crippen LogP contribution in [0.1, 0.15) is 22.3 Å². The molecule has 2 aliphatic rings. The molecule has 1 aromatic heterocycles. The van der Waals surface area contributed by atoms with E-state index >= 15 is 0 Å². The van der Waals surface area contributed by atoms with Gasteiger partial charge in [-0.05, 0) is 64.7 Å². The van der Waals surface area contributed by atoms with E-state index in [1.165, 1.54) is 22.3 Å². The fourth-order valence-corrected chi connectivity index (χ4v) is 8.19. The molecule has 0 radical (unpaired) electrons. The lowest BCUT2D eigenvalue weighted by Crippen LogP contribution is -2.42. The Kier molecular flexibility index (Phi) is 6.68. The van der Waals surface area contributed by atoms with E-state index in [2.05, 4.69) is 192 Å². The molecule has 1 spiro atoms. The molecule has 2 aliphatic heterocycles. The lowest BCUT2D eigenvalue weighted by atomic mass is 9.60. The zero-order valence-electron chi connectivity index (χ0n) is 27.8. The van der Waals surface area contributed by atoms with E-state index in [1.54, 1.807) is 0 Å². The summed E-state index contributed by atoms with van der Waals surface area (Å²) < 4.78 is 0. The van der Waals surface area contributed by atoms with Crippen LogP contribution in [0.2, 0.25) is 0 Å². The number of hydrogen-bond donors (Lipinski definition) is 0. The molecule has 10 rings (SSSR count). The van der Waals surface area contributed by atoms with Crippen molar-refractivity contribution < 1.29 is 0 Å². The van der Waals surface area contributed by atoms with Gasteiger partial charge in [0.2, 0.25) is 5.95 Å². The highest BCUT2D eigenvalue weighted by molar-refractivity contribution is 5.96. The number of anilines is 6. The average molecular weight is 653 g/mol. The predicted molar refractivity (Wildman–Crippen MR) is 208 cm³/mol. The van der Waals surface area contributed by atoms with Crippen molar-refractivity contribution in [3.8, 4) is 22.5 Å². The number of hydrogen-bond acceptors (Lipinski definition) is 4. The Balaban J connectivity index is 1.28. The van der Waals surface area contributed by atoms with Gasteiger partial charge in [0.25, 0.3) is 0 Å². The van der Waals surface area contributed by atoms with E-state index in [0.29, 0.717) is 5.95 Å². The molecule has 51 heavy (non-hydrogen) atoms. The van der Waals surface area contributed by atoms with Crippen LogP contribution in [0, 0.1) is 0 Å². The van der Waals surface area contributed by atoms with E-state index in [9.17, 15) is 0 Å². The highest BCUT2D eigenvalue weighted by Gasteiger charge is 2.52. The molecular weight excluding hydrogens is 621 g/mol. The number of rotatable bonds is 4. The highest BCUT2D eigenvalue weighted by atomic mass is 15.3. The number of aromatic nitrogens is 2. The average Bonchev–Trinajstić information content (AvgIpc) is 3.21. The van der Waals surface area contributed by atoms with E-state index in [-0.39, 0.29) is 0 Å². The number of para-hydroxylation sites is 5. The van der Waals surface area contributed by atoms with Crippen molar-refractivity contribution in [2.45, 2.75) is 5.41 Å². The second-order valence-corrected chi connectivity index (χ2v) is 13.0. The van der Waals surface area contributed by atoms with Crippen molar-refractivity contribution in [1.82, 2.24) is 9.97 Å². The summed E-state index contributed by atoms with van der Waals surface area (Å²) >= 11 is 0. The van der Waals surface area contributed by atoms with Gasteiger partial charge in [0.1, 0.15) is 0 Å². The summed E-state index contributed by atoms with van der Waals surface area (Å²) in [6.45, 7) is 0.